The van der Waals surface area contributed by atoms with Crippen molar-refractivity contribution in [3.8, 4) is 11.5 Å². The third-order valence-electron chi connectivity index (χ3n) is 2.99. The summed E-state index contributed by atoms with van der Waals surface area (Å²) in [5.41, 5.74) is 9.69. The molecule has 0 aliphatic carbocycles. The number of rotatable bonds is 1. The maximum atomic E-state index is 6.04. The standard InChI is InChI=1S/C13H11BrN2OS/c1-6-7(2)18-12(15)10(6)13-16-9-5-3-4-8(14)11(9)17-13/h3-5H,15H2,1-2H3. The van der Waals surface area contributed by atoms with Crippen molar-refractivity contribution in [3.05, 3.63) is 33.1 Å². The van der Waals surface area contributed by atoms with E-state index in [1.807, 2.05) is 25.1 Å². The number of thiophene rings is 1. The van der Waals surface area contributed by atoms with Crippen LogP contribution in [-0.2, 0) is 0 Å². The molecule has 0 atom stereocenters. The van der Waals surface area contributed by atoms with Crippen LogP contribution in [0.3, 0.4) is 0 Å². The van der Waals surface area contributed by atoms with Gasteiger partial charge in [0.05, 0.1) is 15.0 Å². The van der Waals surface area contributed by atoms with Crippen LogP contribution in [0.1, 0.15) is 10.4 Å². The molecule has 0 saturated carbocycles. The lowest BCUT2D eigenvalue weighted by Gasteiger charge is -1.95. The highest BCUT2D eigenvalue weighted by molar-refractivity contribution is 9.10. The molecule has 18 heavy (non-hydrogen) atoms. The maximum absolute atomic E-state index is 6.04. The second-order valence-electron chi connectivity index (χ2n) is 4.13. The van der Waals surface area contributed by atoms with Gasteiger partial charge in [-0.15, -0.1) is 11.3 Å². The Hall–Kier alpha value is -1.33. The number of aryl methyl sites for hydroxylation is 1. The number of oxazole rings is 1. The topological polar surface area (TPSA) is 52.0 Å². The summed E-state index contributed by atoms with van der Waals surface area (Å²) < 4.78 is 6.73. The maximum Gasteiger partial charge on any atom is 0.230 e. The molecule has 0 aliphatic heterocycles. The Labute approximate surface area is 117 Å². The molecule has 3 rings (SSSR count). The molecule has 2 N–H and O–H groups in total. The molecule has 3 nitrogen and oxygen atoms in total. The van der Waals surface area contributed by atoms with Crippen molar-refractivity contribution >= 4 is 43.4 Å². The summed E-state index contributed by atoms with van der Waals surface area (Å²) in [4.78, 5) is 5.71. The van der Waals surface area contributed by atoms with Crippen LogP contribution in [0.25, 0.3) is 22.6 Å². The van der Waals surface area contributed by atoms with E-state index in [0.717, 1.165) is 31.7 Å². The highest BCUT2D eigenvalue weighted by Crippen LogP contribution is 2.39. The number of nitrogens with two attached hydrogens (primary N) is 1. The molecule has 0 spiro atoms. The third-order valence-corrected chi connectivity index (χ3v) is 4.65. The zero-order valence-corrected chi connectivity index (χ0v) is 12.4. The number of para-hydroxylation sites is 1. The summed E-state index contributed by atoms with van der Waals surface area (Å²) in [6.07, 6.45) is 0. The van der Waals surface area contributed by atoms with Crippen LogP contribution < -0.4 is 5.73 Å². The first-order valence-corrected chi connectivity index (χ1v) is 7.09. The summed E-state index contributed by atoms with van der Waals surface area (Å²) in [5, 5.41) is 0.757. The molecule has 2 aromatic heterocycles. The Bertz CT molecular complexity index is 745. The fraction of sp³-hybridized carbons (Fsp3) is 0.154. The normalized spacial score (nSPS) is 11.3. The second-order valence-corrected chi connectivity index (χ2v) is 6.24. The van der Waals surface area contributed by atoms with Gasteiger partial charge in [0.15, 0.2) is 5.58 Å². The van der Waals surface area contributed by atoms with E-state index in [9.17, 15) is 0 Å². The van der Waals surface area contributed by atoms with Crippen LogP contribution in [0.15, 0.2) is 27.1 Å². The van der Waals surface area contributed by atoms with E-state index in [2.05, 4.69) is 27.8 Å². The summed E-state index contributed by atoms with van der Waals surface area (Å²) >= 11 is 5.03. The van der Waals surface area contributed by atoms with Gasteiger partial charge >= 0.3 is 0 Å². The molecule has 0 amide bonds. The van der Waals surface area contributed by atoms with Crippen LogP contribution in [0.4, 0.5) is 5.00 Å². The molecule has 0 radical (unpaired) electrons. The van der Waals surface area contributed by atoms with Crippen molar-refractivity contribution in [2.24, 2.45) is 0 Å². The zero-order chi connectivity index (χ0) is 12.9. The number of fused-ring (bicyclic) bond motifs is 1. The molecular formula is C13H11BrN2OS. The van der Waals surface area contributed by atoms with Gasteiger partial charge in [-0.2, -0.15) is 0 Å². The van der Waals surface area contributed by atoms with Gasteiger partial charge in [-0.05, 0) is 47.5 Å². The average Bonchev–Trinajstić information content (AvgIpc) is 2.83. The molecule has 3 aromatic rings. The second kappa shape index (κ2) is 4.10. The first-order valence-electron chi connectivity index (χ1n) is 5.49. The lowest BCUT2D eigenvalue weighted by Crippen LogP contribution is -1.85. The highest BCUT2D eigenvalue weighted by Gasteiger charge is 2.18. The molecule has 0 aliphatic rings. The van der Waals surface area contributed by atoms with E-state index >= 15 is 0 Å². The number of halogens is 1. The van der Waals surface area contributed by atoms with Crippen LogP contribution in [0.2, 0.25) is 0 Å². The molecule has 0 bridgehead atoms. The summed E-state index contributed by atoms with van der Waals surface area (Å²) in [5.74, 6) is 0.594. The first-order chi connectivity index (χ1) is 8.58. The molecule has 1 aromatic carbocycles. The molecular weight excluding hydrogens is 312 g/mol. The third kappa shape index (κ3) is 1.66. The molecule has 0 saturated heterocycles. The van der Waals surface area contributed by atoms with Crippen molar-refractivity contribution in [1.82, 2.24) is 4.98 Å². The van der Waals surface area contributed by atoms with Gasteiger partial charge in [-0.1, -0.05) is 6.07 Å². The Morgan fingerprint density at radius 3 is 2.72 bits per heavy atom. The molecule has 92 valence electrons. The lowest BCUT2D eigenvalue weighted by atomic mass is 10.1. The van der Waals surface area contributed by atoms with E-state index < -0.39 is 0 Å². The quantitative estimate of drug-likeness (QED) is 0.716. The van der Waals surface area contributed by atoms with Gasteiger partial charge in [0, 0.05) is 4.88 Å². The minimum Gasteiger partial charge on any atom is -0.435 e. The van der Waals surface area contributed by atoms with Gasteiger partial charge in [0.2, 0.25) is 5.89 Å². The Kier molecular flexibility index (Phi) is 2.68. The predicted molar refractivity (Wildman–Crippen MR) is 78.9 cm³/mol. The van der Waals surface area contributed by atoms with Gasteiger partial charge in [0.1, 0.15) is 5.52 Å². The SMILES string of the molecule is Cc1sc(N)c(-c2nc3cccc(Br)c3o2)c1C. The minimum atomic E-state index is 0.594. The van der Waals surface area contributed by atoms with Crippen molar-refractivity contribution < 1.29 is 4.42 Å². The van der Waals surface area contributed by atoms with Crippen molar-refractivity contribution in [3.63, 3.8) is 0 Å². The van der Waals surface area contributed by atoms with Crippen LogP contribution in [0.5, 0.6) is 0 Å². The van der Waals surface area contributed by atoms with Crippen molar-refractivity contribution in [1.29, 1.82) is 0 Å². The van der Waals surface area contributed by atoms with E-state index in [4.69, 9.17) is 10.2 Å². The van der Waals surface area contributed by atoms with Crippen LogP contribution >= 0.6 is 27.3 Å². The Balaban J connectivity index is 2.29. The van der Waals surface area contributed by atoms with E-state index in [-0.39, 0.29) is 0 Å². The van der Waals surface area contributed by atoms with Crippen molar-refractivity contribution in [2.45, 2.75) is 13.8 Å². The van der Waals surface area contributed by atoms with Crippen LogP contribution in [0, 0.1) is 13.8 Å². The first kappa shape index (κ1) is 11.7. The van der Waals surface area contributed by atoms with Gasteiger partial charge in [0.25, 0.3) is 0 Å². The van der Waals surface area contributed by atoms with E-state index in [1.54, 1.807) is 11.3 Å². The number of nitrogens with zero attached hydrogens (tertiary/aromatic N) is 1. The van der Waals surface area contributed by atoms with Crippen LogP contribution in [-0.4, -0.2) is 4.98 Å². The Morgan fingerprint density at radius 1 is 1.33 bits per heavy atom. The van der Waals surface area contributed by atoms with Gasteiger partial charge < -0.3 is 10.2 Å². The number of benzene rings is 1. The summed E-state index contributed by atoms with van der Waals surface area (Å²) in [6, 6.07) is 5.80. The fourth-order valence-corrected chi connectivity index (χ4v) is 3.31. The number of aromatic nitrogens is 1. The molecule has 5 heteroatoms. The molecule has 0 fully saturated rings. The fourth-order valence-electron chi connectivity index (χ4n) is 1.94. The molecule has 0 unspecified atom stereocenters. The van der Waals surface area contributed by atoms with Crippen molar-refractivity contribution in [2.75, 3.05) is 5.73 Å². The number of nitrogen functional groups attached to an aromatic ring is 1. The zero-order valence-electron chi connectivity index (χ0n) is 9.95. The largest absolute Gasteiger partial charge is 0.435 e. The number of hydrogen-bond acceptors (Lipinski definition) is 4. The lowest BCUT2D eigenvalue weighted by molar-refractivity contribution is 0.618. The van der Waals surface area contributed by atoms with Gasteiger partial charge in [-0.3, -0.25) is 0 Å². The highest BCUT2D eigenvalue weighted by atomic mass is 79.9. The van der Waals surface area contributed by atoms with Gasteiger partial charge in [-0.25, -0.2) is 4.98 Å². The predicted octanol–water partition coefficient (Wildman–Crippen LogP) is 4.52. The number of anilines is 1. The van der Waals surface area contributed by atoms with E-state index in [1.165, 1.54) is 4.88 Å². The minimum absolute atomic E-state index is 0.594. The monoisotopic (exact) mass is 322 g/mol. The molecule has 2 heterocycles. The number of hydrogen-bond donors (Lipinski definition) is 1. The van der Waals surface area contributed by atoms with E-state index in [0.29, 0.717) is 5.89 Å². The average molecular weight is 323 g/mol. The summed E-state index contributed by atoms with van der Waals surface area (Å²) in [6.45, 7) is 4.10. The smallest absolute Gasteiger partial charge is 0.230 e. The Morgan fingerprint density at radius 2 is 2.11 bits per heavy atom. The summed E-state index contributed by atoms with van der Waals surface area (Å²) in [7, 11) is 0.